The Labute approximate surface area is 258 Å². The number of carbonyl (C=O) groups is 2. The summed E-state index contributed by atoms with van der Waals surface area (Å²) in [6, 6.07) is 19.3. The molecule has 0 aliphatic heterocycles. The van der Waals surface area contributed by atoms with Crippen molar-refractivity contribution in [2.24, 2.45) is 0 Å². The third-order valence-electron chi connectivity index (χ3n) is 7.56. The van der Waals surface area contributed by atoms with Crippen molar-refractivity contribution in [1.29, 1.82) is 0 Å². The normalized spacial score (nSPS) is 14.7. The first kappa shape index (κ1) is 31.9. The van der Waals surface area contributed by atoms with Crippen molar-refractivity contribution in [3.63, 3.8) is 0 Å². The molecule has 224 valence electrons. The molecular formula is C32H37Cl2N3O4S. The van der Waals surface area contributed by atoms with E-state index < -0.39 is 28.5 Å². The van der Waals surface area contributed by atoms with Gasteiger partial charge in [-0.2, -0.15) is 0 Å². The van der Waals surface area contributed by atoms with Crippen molar-refractivity contribution >= 4 is 50.7 Å². The maximum absolute atomic E-state index is 14.2. The second kappa shape index (κ2) is 14.4. The number of anilines is 1. The molecular weight excluding hydrogens is 593 g/mol. The summed E-state index contributed by atoms with van der Waals surface area (Å²) in [7, 11) is -4.22. The maximum Gasteiger partial charge on any atom is 0.264 e. The Morgan fingerprint density at radius 2 is 1.67 bits per heavy atom. The Balaban J connectivity index is 1.72. The van der Waals surface area contributed by atoms with E-state index in [9.17, 15) is 18.0 Å². The van der Waals surface area contributed by atoms with Gasteiger partial charge in [-0.25, -0.2) is 8.42 Å². The highest BCUT2D eigenvalue weighted by atomic mass is 35.5. The Bertz CT molecular complexity index is 1490. The summed E-state index contributed by atoms with van der Waals surface area (Å²) >= 11 is 12.6. The van der Waals surface area contributed by atoms with Gasteiger partial charge in [0.25, 0.3) is 10.0 Å². The van der Waals surface area contributed by atoms with Crippen LogP contribution in [0.3, 0.4) is 0 Å². The van der Waals surface area contributed by atoms with Crippen molar-refractivity contribution in [1.82, 2.24) is 10.2 Å². The molecule has 0 aromatic heterocycles. The Hall–Kier alpha value is -3.07. The van der Waals surface area contributed by atoms with Crippen LogP contribution >= 0.6 is 23.2 Å². The van der Waals surface area contributed by atoms with Crippen LogP contribution < -0.4 is 9.62 Å². The lowest BCUT2D eigenvalue weighted by Gasteiger charge is -2.34. The third-order valence-corrected chi connectivity index (χ3v) is 9.87. The fourth-order valence-corrected chi connectivity index (χ4v) is 7.40. The highest BCUT2D eigenvalue weighted by molar-refractivity contribution is 7.92. The van der Waals surface area contributed by atoms with Gasteiger partial charge in [0, 0.05) is 17.6 Å². The maximum atomic E-state index is 14.2. The predicted octanol–water partition coefficient (Wildman–Crippen LogP) is 6.75. The predicted molar refractivity (Wildman–Crippen MR) is 168 cm³/mol. The minimum Gasteiger partial charge on any atom is -0.352 e. The molecule has 0 saturated heterocycles. The van der Waals surface area contributed by atoms with Crippen molar-refractivity contribution in [2.75, 3.05) is 10.8 Å². The van der Waals surface area contributed by atoms with Crippen molar-refractivity contribution in [3.05, 3.63) is 94.0 Å². The summed E-state index contributed by atoms with van der Waals surface area (Å²) < 4.78 is 28.9. The van der Waals surface area contributed by atoms with Gasteiger partial charge in [-0.3, -0.25) is 13.9 Å². The van der Waals surface area contributed by atoms with E-state index in [0.29, 0.717) is 11.4 Å². The summed E-state index contributed by atoms with van der Waals surface area (Å²) in [5.74, 6) is -0.750. The molecule has 1 aliphatic carbocycles. The summed E-state index contributed by atoms with van der Waals surface area (Å²) in [6.45, 7) is 3.40. The highest BCUT2D eigenvalue weighted by Crippen LogP contribution is 2.33. The minimum absolute atomic E-state index is 0.0103. The molecule has 3 aromatic carbocycles. The zero-order chi connectivity index (χ0) is 30.3. The molecule has 1 fully saturated rings. The lowest BCUT2D eigenvalue weighted by molar-refractivity contribution is -0.140. The minimum atomic E-state index is -4.22. The molecule has 1 saturated carbocycles. The number of sulfonamides is 1. The van der Waals surface area contributed by atoms with E-state index in [0.717, 1.165) is 47.5 Å². The molecule has 3 aromatic rings. The van der Waals surface area contributed by atoms with Crippen LogP contribution in [-0.2, 0) is 26.2 Å². The number of halogens is 2. The molecule has 4 rings (SSSR count). The fraction of sp³-hybridized carbons (Fsp3) is 0.375. The largest absolute Gasteiger partial charge is 0.352 e. The van der Waals surface area contributed by atoms with Gasteiger partial charge in [0.15, 0.2) is 0 Å². The molecule has 1 N–H and O–H groups in total. The average Bonchev–Trinajstić information content (AvgIpc) is 2.97. The number of rotatable bonds is 11. The van der Waals surface area contributed by atoms with E-state index in [2.05, 4.69) is 5.32 Å². The van der Waals surface area contributed by atoms with Gasteiger partial charge >= 0.3 is 0 Å². The number of benzene rings is 3. The molecule has 0 heterocycles. The number of nitrogens with one attached hydrogen (secondary N) is 1. The zero-order valence-electron chi connectivity index (χ0n) is 23.9. The topological polar surface area (TPSA) is 86.8 Å². The molecule has 42 heavy (non-hydrogen) atoms. The van der Waals surface area contributed by atoms with Crippen molar-refractivity contribution < 1.29 is 18.0 Å². The van der Waals surface area contributed by atoms with Crippen molar-refractivity contribution in [3.8, 4) is 0 Å². The monoisotopic (exact) mass is 629 g/mol. The Morgan fingerprint density at radius 1 is 0.952 bits per heavy atom. The van der Waals surface area contributed by atoms with Gasteiger partial charge in [-0.15, -0.1) is 0 Å². The van der Waals surface area contributed by atoms with E-state index >= 15 is 0 Å². The second-order valence-corrected chi connectivity index (χ2v) is 13.4. The van der Waals surface area contributed by atoms with Crippen LogP contribution in [0.1, 0.15) is 56.6 Å². The third kappa shape index (κ3) is 7.85. The molecule has 0 unspecified atom stereocenters. The first-order chi connectivity index (χ1) is 20.1. The fourth-order valence-electron chi connectivity index (χ4n) is 5.39. The van der Waals surface area contributed by atoms with Crippen LogP contribution in [0.25, 0.3) is 0 Å². The summed E-state index contributed by atoms with van der Waals surface area (Å²) in [5, 5.41) is 3.58. The standard InChI is InChI=1S/C32H37Cl2N3O4S/c1-3-29(32(39)35-26-13-6-4-7-14-26)36(21-24-12-10-11-23(2)19-24)31(38)22-37(30-18-17-25(33)20-28(30)34)42(40,41)27-15-8-5-9-16-27/h5,8-12,15-20,26,29H,3-4,6-7,13-14,21-22H2,1-2H3,(H,35,39)/t29-/m0/s1. The Morgan fingerprint density at radius 3 is 2.31 bits per heavy atom. The van der Waals surface area contributed by atoms with Gasteiger partial charge in [0.1, 0.15) is 12.6 Å². The van der Waals surface area contributed by atoms with Crippen molar-refractivity contribution in [2.45, 2.75) is 75.9 Å². The van der Waals surface area contributed by atoms with Crippen LogP contribution in [0.5, 0.6) is 0 Å². The van der Waals surface area contributed by atoms with Gasteiger partial charge in [-0.05, 0) is 62.1 Å². The van der Waals surface area contributed by atoms with Gasteiger partial charge in [0.05, 0.1) is 15.6 Å². The van der Waals surface area contributed by atoms with E-state index in [4.69, 9.17) is 23.2 Å². The first-order valence-corrected chi connectivity index (χ1v) is 16.5. The van der Waals surface area contributed by atoms with Crippen LogP contribution in [0.2, 0.25) is 10.0 Å². The SMILES string of the molecule is CC[C@@H](C(=O)NC1CCCCC1)N(Cc1cccc(C)c1)C(=O)CN(c1ccc(Cl)cc1Cl)S(=O)(=O)c1ccccc1. The van der Waals surface area contributed by atoms with Gasteiger partial charge < -0.3 is 10.2 Å². The molecule has 0 radical (unpaired) electrons. The van der Waals surface area contributed by atoms with E-state index in [1.807, 2.05) is 38.1 Å². The quantitative estimate of drug-likeness (QED) is 0.254. The lowest BCUT2D eigenvalue weighted by Crippen LogP contribution is -2.54. The highest BCUT2D eigenvalue weighted by Gasteiger charge is 2.35. The summed E-state index contributed by atoms with van der Waals surface area (Å²) in [4.78, 5) is 29.4. The second-order valence-electron chi connectivity index (χ2n) is 10.7. The van der Waals surface area contributed by atoms with Crippen LogP contribution in [0, 0.1) is 6.92 Å². The first-order valence-electron chi connectivity index (χ1n) is 14.3. The molecule has 1 atom stereocenters. The van der Waals surface area contributed by atoms with Crippen LogP contribution in [-0.4, -0.2) is 43.8 Å². The van der Waals surface area contributed by atoms with Gasteiger partial charge in [0.2, 0.25) is 11.8 Å². The Kier molecular flexibility index (Phi) is 10.9. The molecule has 0 spiro atoms. The number of carbonyl (C=O) groups excluding carboxylic acids is 2. The zero-order valence-corrected chi connectivity index (χ0v) is 26.3. The lowest BCUT2D eigenvalue weighted by atomic mass is 9.95. The molecule has 1 aliphatic rings. The molecule has 2 amide bonds. The van der Waals surface area contributed by atoms with E-state index in [1.165, 1.54) is 35.2 Å². The van der Waals surface area contributed by atoms with Crippen LogP contribution in [0.4, 0.5) is 5.69 Å². The summed E-state index contributed by atoms with van der Waals surface area (Å²) in [5.41, 5.74) is 1.98. The number of hydrogen-bond acceptors (Lipinski definition) is 4. The van der Waals surface area contributed by atoms with E-state index in [1.54, 1.807) is 18.2 Å². The number of nitrogens with zero attached hydrogens (tertiary/aromatic N) is 2. The molecule has 0 bridgehead atoms. The van der Waals surface area contributed by atoms with Gasteiger partial charge in [-0.1, -0.05) is 97.4 Å². The average molecular weight is 631 g/mol. The molecule has 10 heteroatoms. The number of hydrogen-bond donors (Lipinski definition) is 1. The number of aryl methyl sites for hydroxylation is 1. The summed E-state index contributed by atoms with van der Waals surface area (Å²) in [6.07, 6.45) is 5.45. The molecule has 7 nitrogen and oxygen atoms in total. The number of amides is 2. The van der Waals surface area contributed by atoms with E-state index in [-0.39, 0.29) is 34.1 Å². The van der Waals surface area contributed by atoms with Crippen LogP contribution in [0.15, 0.2) is 77.7 Å². The smallest absolute Gasteiger partial charge is 0.264 e.